The molecule has 1 aromatic rings. The van der Waals surface area contributed by atoms with Gasteiger partial charge in [0.05, 0.1) is 13.5 Å². The van der Waals surface area contributed by atoms with E-state index in [0.29, 0.717) is 18.2 Å². The molecule has 1 fully saturated rings. The number of carbonyl (C=O) groups excluding carboxylic acids is 1. The number of ether oxygens (including phenoxy) is 1. The van der Waals surface area contributed by atoms with Gasteiger partial charge in [0.15, 0.2) is 11.5 Å². The van der Waals surface area contributed by atoms with Crippen molar-refractivity contribution in [2.45, 2.75) is 58.4 Å². The van der Waals surface area contributed by atoms with Gasteiger partial charge in [-0.15, -0.1) is 0 Å². The SMILES string of the molecule is COc1cc(CC(=O)N[C@H]2CC[C@@H](CC(C)C)CC2)ccc1O. The van der Waals surface area contributed by atoms with Gasteiger partial charge in [-0.2, -0.15) is 0 Å². The van der Waals surface area contributed by atoms with E-state index in [1.165, 1.54) is 26.4 Å². The van der Waals surface area contributed by atoms with Crippen LogP contribution in [-0.4, -0.2) is 24.2 Å². The summed E-state index contributed by atoms with van der Waals surface area (Å²) in [6, 6.07) is 5.36. The van der Waals surface area contributed by atoms with Gasteiger partial charge in [0.1, 0.15) is 0 Å². The zero-order valence-electron chi connectivity index (χ0n) is 14.5. The molecular formula is C19H29NO3. The van der Waals surface area contributed by atoms with Crippen molar-refractivity contribution >= 4 is 5.91 Å². The molecule has 0 atom stereocenters. The van der Waals surface area contributed by atoms with Gasteiger partial charge in [-0.05, 0) is 61.6 Å². The van der Waals surface area contributed by atoms with Gasteiger partial charge in [0, 0.05) is 6.04 Å². The summed E-state index contributed by atoms with van der Waals surface area (Å²) in [5.74, 6) is 2.13. The summed E-state index contributed by atoms with van der Waals surface area (Å²) in [7, 11) is 1.51. The van der Waals surface area contributed by atoms with E-state index < -0.39 is 0 Å². The highest BCUT2D eigenvalue weighted by atomic mass is 16.5. The Kier molecular flexibility index (Phi) is 6.31. The number of hydrogen-bond donors (Lipinski definition) is 2. The van der Waals surface area contributed by atoms with Crippen molar-refractivity contribution in [2.75, 3.05) is 7.11 Å². The van der Waals surface area contributed by atoms with Gasteiger partial charge in [-0.1, -0.05) is 19.9 Å². The number of aromatic hydroxyl groups is 1. The lowest BCUT2D eigenvalue weighted by atomic mass is 9.81. The van der Waals surface area contributed by atoms with Crippen LogP contribution in [-0.2, 0) is 11.2 Å². The standard InChI is InChI=1S/C19H29NO3/c1-13(2)10-14-4-7-16(8-5-14)20-19(22)12-15-6-9-17(21)18(11-15)23-3/h6,9,11,13-14,16,21H,4-5,7-8,10,12H2,1-3H3,(H,20,22)/t14-,16+. The Morgan fingerprint density at radius 3 is 2.61 bits per heavy atom. The van der Waals surface area contributed by atoms with E-state index in [-0.39, 0.29) is 11.7 Å². The van der Waals surface area contributed by atoms with Crippen molar-refractivity contribution in [3.63, 3.8) is 0 Å². The zero-order valence-corrected chi connectivity index (χ0v) is 14.5. The minimum Gasteiger partial charge on any atom is -0.504 e. The predicted octanol–water partition coefficient (Wildman–Crippen LogP) is 3.66. The first-order chi connectivity index (χ1) is 11.0. The highest BCUT2D eigenvalue weighted by Crippen LogP contribution is 2.29. The second-order valence-corrected chi connectivity index (χ2v) is 7.10. The summed E-state index contributed by atoms with van der Waals surface area (Å²) in [5.41, 5.74) is 0.852. The summed E-state index contributed by atoms with van der Waals surface area (Å²) < 4.78 is 5.08. The minimum atomic E-state index is 0.0463. The van der Waals surface area contributed by atoms with E-state index in [1.54, 1.807) is 18.2 Å². The van der Waals surface area contributed by atoms with Crippen LogP contribution in [0, 0.1) is 11.8 Å². The lowest BCUT2D eigenvalue weighted by Gasteiger charge is -2.30. The molecule has 0 radical (unpaired) electrons. The Morgan fingerprint density at radius 2 is 2.00 bits per heavy atom. The number of methoxy groups -OCH3 is 1. The van der Waals surface area contributed by atoms with E-state index in [2.05, 4.69) is 19.2 Å². The molecule has 1 aliphatic rings. The lowest BCUT2D eigenvalue weighted by molar-refractivity contribution is -0.121. The van der Waals surface area contributed by atoms with E-state index in [0.717, 1.165) is 30.2 Å². The zero-order chi connectivity index (χ0) is 16.8. The average molecular weight is 319 g/mol. The first-order valence-electron chi connectivity index (χ1n) is 8.63. The molecule has 1 saturated carbocycles. The van der Waals surface area contributed by atoms with Crippen LogP contribution in [0.2, 0.25) is 0 Å². The summed E-state index contributed by atoms with van der Waals surface area (Å²) in [6.45, 7) is 4.56. The van der Waals surface area contributed by atoms with Crippen molar-refractivity contribution < 1.29 is 14.6 Å². The Balaban J connectivity index is 1.79. The number of amides is 1. The maximum atomic E-state index is 12.2. The van der Waals surface area contributed by atoms with E-state index in [1.807, 2.05) is 0 Å². The molecule has 4 heteroatoms. The number of carbonyl (C=O) groups is 1. The minimum absolute atomic E-state index is 0.0463. The summed E-state index contributed by atoms with van der Waals surface area (Å²) in [4.78, 5) is 12.2. The lowest BCUT2D eigenvalue weighted by Crippen LogP contribution is -2.38. The molecule has 0 aromatic heterocycles. The fraction of sp³-hybridized carbons (Fsp3) is 0.632. The molecule has 128 valence electrons. The molecular weight excluding hydrogens is 290 g/mol. The largest absolute Gasteiger partial charge is 0.504 e. The van der Waals surface area contributed by atoms with Gasteiger partial charge < -0.3 is 15.2 Å². The van der Waals surface area contributed by atoms with Crippen molar-refractivity contribution in [3.05, 3.63) is 23.8 Å². The first kappa shape index (κ1) is 17.6. The normalized spacial score (nSPS) is 21.2. The molecule has 0 spiro atoms. The molecule has 2 rings (SSSR count). The van der Waals surface area contributed by atoms with Crippen LogP contribution < -0.4 is 10.1 Å². The Hall–Kier alpha value is -1.71. The number of phenolic OH excluding ortho intramolecular Hbond substituents is 1. The molecule has 1 aromatic carbocycles. The van der Waals surface area contributed by atoms with Gasteiger partial charge in [0.2, 0.25) is 5.91 Å². The van der Waals surface area contributed by atoms with Gasteiger partial charge in [-0.3, -0.25) is 4.79 Å². The molecule has 0 heterocycles. The highest BCUT2D eigenvalue weighted by Gasteiger charge is 2.23. The summed E-state index contributed by atoms with van der Waals surface area (Å²) in [5, 5.41) is 12.7. The van der Waals surface area contributed by atoms with Crippen LogP contribution in [0.15, 0.2) is 18.2 Å². The maximum Gasteiger partial charge on any atom is 0.224 e. The molecule has 0 unspecified atom stereocenters. The molecule has 23 heavy (non-hydrogen) atoms. The van der Waals surface area contributed by atoms with Crippen molar-refractivity contribution in [3.8, 4) is 11.5 Å². The van der Waals surface area contributed by atoms with Crippen LogP contribution in [0.3, 0.4) is 0 Å². The number of nitrogens with one attached hydrogen (secondary N) is 1. The van der Waals surface area contributed by atoms with Gasteiger partial charge in [-0.25, -0.2) is 0 Å². The number of rotatable bonds is 6. The smallest absolute Gasteiger partial charge is 0.224 e. The van der Waals surface area contributed by atoms with Gasteiger partial charge in [0.25, 0.3) is 0 Å². The second kappa shape index (κ2) is 8.23. The number of hydrogen-bond acceptors (Lipinski definition) is 3. The van der Waals surface area contributed by atoms with Crippen molar-refractivity contribution in [2.24, 2.45) is 11.8 Å². The quantitative estimate of drug-likeness (QED) is 0.841. The van der Waals surface area contributed by atoms with Crippen LogP contribution >= 0.6 is 0 Å². The van der Waals surface area contributed by atoms with Crippen LogP contribution in [0.4, 0.5) is 0 Å². The van der Waals surface area contributed by atoms with Crippen molar-refractivity contribution in [1.29, 1.82) is 0 Å². The van der Waals surface area contributed by atoms with Crippen molar-refractivity contribution in [1.82, 2.24) is 5.32 Å². The van der Waals surface area contributed by atoms with Crippen LogP contribution in [0.25, 0.3) is 0 Å². The number of phenols is 1. The third-order valence-corrected chi connectivity index (χ3v) is 4.63. The summed E-state index contributed by atoms with van der Waals surface area (Å²) >= 11 is 0. The predicted molar refractivity (Wildman–Crippen MR) is 91.7 cm³/mol. The third kappa shape index (κ3) is 5.45. The van der Waals surface area contributed by atoms with Gasteiger partial charge >= 0.3 is 0 Å². The third-order valence-electron chi connectivity index (χ3n) is 4.63. The first-order valence-corrected chi connectivity index (χ1v) is 8.63. The van der Waals surface area contributed by atoms with E-state index in [9.17, 15) is 9.90 Å². The average Bonchev–Trinajstić information content (AvgIpc) is 2.50. The Labute approximate surface area is 139 Å². The fourth-order valence-electron chi connectivity index (χ4n) is 3.51. The molecule has 2 N–H and O–H groups in total. The summed E-state index contributed by atoms with van der Waals surface area (Å²) in [6.07, 6.45) is 6.23. The van der Waals surface area contributed by atoms with Crippen LogP contribution in [0.1, 0.15) is 51.5 Å². The topological polar surface area (TPSA) is 58.6 Å². The molecule has 4 nitrogen and oxygen atoms in total. The van der Waals surface area contributed by atoms with E-state index >= 15 is 0 Å². The molecule has 0 aliphatic heterocycles. The maximum absolute atomic E-state index is 12.2. The highest BCUT2D eigenvalue weighted by molar-refractivity contribution is 5.79. The Bertz CT molecular complexity index is 519. The fourth-order valence-corrected chi connectivity index (χ4v) is 3.51. The number of benzene rings is 1. The molecule has 0 bridgehead atoms. The van der Waals surface area contributed by atoms with Crippen LogP contribution in [0.5, 0.6) is 11.5 Å². The molecule has 1 amide bonds. The monoisotopic (exact) mass is 319 g/mol. The molecule has 0 saturated heterocycles. The second-order valence-electron chi connectivity index (χ2n) is 7.10. The molecule has 1 aliphatic carbocycles. The van der Waals surface area contributed by atoms with E-state index in [4.69, 9.17) is 4.74 Å². The Morgan fingerprint density at radius 1 is 1.30 bits per heavy atom.